The Kier molecular flexibility index (Phi) is 7.41. The predicted octanol–water partition coefficient (Wildman–Crippen LogP) is 5.79. The lowest BCUT2D eigenvalue weighted by Gasteiger charge is -2.08. The van der Waals surface area contributed by atoms with E-state index in [0.717, 1.165) is 21.4 Å². The van der Waals surface area contributed by atoms with Crippen molar-refractivity contribution >= 4 is 68.5 Å². The van der Waals surface area contributed by atoms with Gasteiger partial charge in [-0.1, -0.05) is 49.0 Å². The quantitative estimate of drug-likeness (QED) is 0.311. The molecular formula is C23H20N4O2S3. The molecule has 3 aromatic carbocycles. The van der Waals surface area contributed by atoms with Gasteiger partial charge in [0.25, 0.3) is 5.91 Å². The number of hydrogen-bond acceptors (Lipinski definition) is 7. The largest absolute Gasteiger partial charge is 0.322 e. The average molecular weight is 481 g/mol. The number of carbonyl (C=O) groups is 2. The third kappa shape index (κ3) is 5.87. The standard InChI is InChI=1S/C23H20N4O2S3/c1-2-30-23-26-22(32-27-23)25-20(28)14-31-19-11-9-18(10-12-19)24-21(29)17-8-7-15-5-3-4-6-16(15)13-17/h3-13H,2,14H2,1H3,(H,24,29)(H,25,26,27,28). The summed E-state index contributed by atoms with van der Waals surface area (Å²) in [5.41, 5.74) is 1.31. The summed E-state index contributed by atoms with van der Waals surface area (Å²) in [6, 6.07) is 21.0. The fourth-order valence-electron chi connectivity index (χ4n) is 2.92. The minimum Gasteiger partial charge on any atom is -0.322 e. The topological polar surface area (TPSA) is 84.0 Å². The molecule has 0 saturated carbocycles. The van der Waals surface area contributed by atoms with E-state index in [1.807, 2.05) is 73.7 Å². The van der Waals surface area contributed by atoms with Crippen LogP contribution in [-0.2, 0) is 4.79 Å². The molecule has 2 amide bonds. The fourth-order valence-corrected chi connectivity index (χ4v) is 4.91. The Balaban J connectivity index is 1.29. The van der Waals surface area contributed by atoms with Crippen molar-refractivity contribution in [2.45, 2.75) is 17.0 Å². The predicted molar refractivity (Wildman–Crippen MR) is 134 cm³/mol. The summed E-state index contributed by atoms with van der Waals surface area (Å²) >= 11 is 4.14. The number of benzene rings is 3. The first kappa shape index (κ1) is 22.3. The molecule has 0 bridgehead atoms. The van der Waals surface area contributed by atoms with Crippen molar-refractivity contribution < 1.29 is 9.59 Å². The molecule has 0 atom stereocenters. The highest BCUT2D eigenvalue weighted by Gasteiger charge is 2.10. The van der Waals surface area contributed by atoms with Gasteiger partial charge < -0.3 is 5.32 Å². The molecule has 32 heavy (non-hydrogen) atoms. The van der Waals surface area contributed by atoms with E-state index < -0.39 is 0 Å². The number of amides is 2. The lowest BCUT2D eigenvalue weighted by molar-refractivity contribution is -0.113. The molecule has 1 aromatic heterocycles. The van der Waals surface area contributed by atoms with Crippen LogP contribution in [0.1, 0.15) is 17.3 Å². The Bertz CT molecular complexity index is 1240. The number of nitrogens with zero attached hydrogens (tertiary/aromatic N) is 2. The Hall–Kier alpha value is -2.88. The highest BCUT2D eigenvalue weighted by molar-refractivity contribution is 8.00. The minimum atomic E-state index is -0.159. The zero-order chi connectivity index (χ0) is 22.3. The first-order chi connectivity index (χ1) is 15.6. The average Bonchev–Trinajstić information content (AvgIpc) is 3.25. The molecule has 9 heteroatoms. The van der Waals surface area contributed by atoms with Gasteiger partial charge in [-0.3, -0.25) is 14.9 Å². The maximum Gasteiger partial charge on any atom is 0.255 e. The normalized spacial score (nSPS) is 10.8. The first-order valence-corrected chi connectivity index (χ1v) is 12.6. The van der Waals surface area contributed by atoms with E-state index in [9.17, 15) is 9.59 Å². The molecule has 2 N–H and O–H groups in total. The Morgan fingerprint density at radius 3 is 2.50 bits per heavy atom. The number of hydrogen-bond donors (Lipinski definition) is 2. The van der Waals surface area contributed by atoms with E-state index in [2.05, 4.69) is 20.0 Å². The van der Waals surface area contributed by atoms with Crippen LogP contribution in [0.15, 0.2) is 76.8 Å². The van der Waals surface area contributed by atoms with Gasteiger partial charge in [0.15, 0.2) is 0 Å². The summed E-state index contributed by atoms with van der Waals surface area (Å²) < 4.78 is 4.18. The van der Waals surface area contributed by atoms with Crippen molar-refractivity contribution in [1.82, 2.24) is 9.36 Å². The second kappa shape index (κ2) is 10.6. The number of thioether (sulfide) groups is 2. The molecule has 1 heterocycles. The van der Waals surface area contributed by atoms with E-state index in [1.54, 1.807) is 0 Å². The van der Waals surface area contributed by atoms with Gasteiger partial charge in [0.2, 0.25) is 16.2 Å². The molecule has 6 nitrogen and oxygen atoms in total. The fraction of sp³-hybridized carbons (Fsp3) is 0.130. The van der Waals surface area contributed by atoms with Crippen molar-refractivity contribution in [2.24, 2.45) is 0 Å². The van der Waals surface area contributed by atoms with Crippen LogP contribution in [0, 0.1) is 0 Å². The number of rotatable bonds is 8. The van der Waals surface area contributed by atoms with Gasteiger partial charge in [-0.2, -0.15) is 9.36 Å². The van der Waals surface area contributed by atoms with E-state index in [-0.39, 0.29) is 17.6 Å². The minimum absolute atomic E-state index is 0.132. The summed E-state index contributed by atoms with van der Waals surface area (Å²) in [5.74, 6) is 0.859. The zero-order valence-electron chi connectivity index (χ0n) is 17.2. The van der Waals surface area contributed by atoms with Crippen LogP contribution >= 0.6 is 35.1 Å². The van der Waals surface area contributed by atoms with Crippen molar-refractivity contribution in [3.63, 3.8) is 0 Å². The van der Waals surface area contributed by atoms with E-state index >= 15 is 0 Å². The van der Waals surface area contributed by atoms with Crippen molar-refractivity contribution in [3.05, 3.63) is 72.3 Å². The molecule has 0 aliphatic rings. The maximum atomic E-state index is 12.6. The Morgan fingerprint density at radius 2 is 1.72 bits per heavy atom. The summed E-state index contributed by atoms with van der Waals surface area (Å²) in [5, 5.41) is 9.01. The van der Waals surface area contributed by atoms with Crippen LogP contribution in [-0.4, -0.2) is 32.7 Å². The lowest BCUT2D eigenvalue weighted by atomic mass is 10.1. The smallest absolute Gasteiger partial charge is 0.255 e. The molecule has 0 aliphatic heterocycles. The SMILES string of the molecule is CCSc1nsc(NC(=O)CSc2ccc(NC(=O)c3ccc4ccccc4c3)cc2)n1. The van der Waals surface area contributed by atoms with Crippen molar-refractivity contribution in [1.29, 1.82) is 0 Å². The van der Waals surface area contributed by atoms with Crippen LogP contribution in [0.5, 0.6) is 0 Å². The summed E-state index contributed by atoms with van der Waals surface area (Å²) in [4.78, 5) is 30.0. The zero-order valence-corrected chi connectivity index (χ0v) is 19.7. The Labute approximate surface area is 198 Å². The first-order valence-electron chi connectivity index (χ1n) is 9.90. The van der Waals surface area contributed by atoms with Crippen LogP contribution in [0.2, 0.25) is 0 Å². The summed E-state index contributed by atoms with van der Waals surface area (Å²) in [7, 11) is 0. The van der Waals surface area contributed by atoms with E-state index in [4.69, 9.17) is 0 Å². The Morgan fingerprint density at radius 1 is 0.938 bits per heavy atom. The lowest BCUT2D eigenvalue weighted by Crippen LogP contribution is -2.13. The second-order valence-corrected chi connectivity index (χ2v) is 9.72. The molecule has 4 aromatic rings. The molecule has 0 spiro atoms. The van der Waals surface area contributed by atoms with Crippen LogP contribution < -0.4 is 10.6 Å². The van der Waals surface area contributed by atoms with E-state index in [1.165, 1.54) is 35.1 Å². The number of anilines is 2. The molecular weight excluding hydrogens is 460 g/mol. The van der Waals surface area contributed by atoms with Crippen LogP contribution in [0.25, 0.3) is 10.8 Å². The van der Waals surface area contributed by atoms with Crippen molar-refractivity contribution in [2.75, 3.05) is 22.1 Å². The van der Waals surface area contributed by atoms with Gasteiger partial charge in [-0.15, -0.1) is 11.8 Å². The van der Waals surface area contributed by atoms with E-state index in [0.29, 0.717) is 21.5 Å². The molecule has 0 radical (unpaired) electrons. The number of nitrogens with one attached hydrogen (secondary N) is 2. The second-order valence-electron chi connectivity index (χ2n) is 6.69. The van der Waals surface area contributed by atoms with Gasteiger partial charge in [-0.05, 0) is 52.9 Å². The highest BCUT2D eigenvalue weighted by Crippen LogP contribution is 2.23. The highest BCUT2D eigenvalue weighted by atomic mass is 32.2. The van der Waals surface area contributed by atoms with Gasteiger partial charge >= 0.3 is 0 Å². The third-order valence-electron chi connectivity index (χ3n) is 4.42. The molecule has 162 valence electrons. The summed E-state index contributed by atoms with van der Waals surface area (Å²) in [6.07, 6.45) is 0. The monoisotopic (exact) mass is 480 g/mol. The number of aromatic nitrogens is 2. The van der Waals surface area contributed by atoms with Gasteiger partial charge in [0.1, 0.15) is 0 Å². The van der Waals surface area contributed by atoms with Gasteiger partial charge in [-0.25, -0.2) is 0 Å². The third-order valence-corrected chi connectivity index (χ3v) is 6.91. The molecule has 0 aliphatic carbocycles. The summed E-state index contributed by atoms with van der Waals surface area (Å²) in [6.45, 7) is 2.03. The van der Waals surface area contributed by atoms with Crippen molar-refractivity contribution in [3.8, 4) is 0 Å². The molecule has 4 rings (SSSR count). The molecule has 0 saturated heterocycles. The number of fused-ring (bicyclic) bond motifs is 1. The maximum absolute atomic E-state index is 12.6. The van der Waals surface area contributed by atoms with Gasteiger partial charge in [0, 0.05) is 27.7 Å². The van der Waals surface area contributed by atoms with Crippen LogP contribution in [0.4, 0.5) is 10.8 Å². The van der Waals surface area contributed by atoms with Gasteiger partial charge in [0.05, 0.1) is 5.75 Å². The van der Waals surface area contributed by atoms with Crippen LogP contribution in [0.3, 0.4) is 0 Å². The number of carbonyl (C=O) groups excluding carboxylic acids is 2. The molecule has 0 unspecified atom stereocenters. The molecule has 0 fully saturated rings.